The van der Waals surface area contributed by atoms with Crippen molar-refractivity contribution in [1.82, 2.24) is 0 Å². The molecule has 0 spiro atoms. The summed E-state index contributed by atoms with van der Waals surface area (Å²) in [7, 11) is 1.52. The zero-order valence-electron chi connectivity index (χ0n) is 14.1. The molecular formula is C19H14Cl3NO4. The molecule has 1 amide bonds. The monoisotopic (exact) mass is 425 g/mol. The van der Waals surface area contributed by atoms with Crippen molar-refractivity contribution in [2.45, 2.75) is 6.61 Å². The topological polar surface area (TPSA) is 60.7 Å². The Labute approximate surface area is 170 Å². The summed E-state index contributed by atoms with van der Waals surface area (Å²) in [5.41, 5.74) is 0.521. The van der Waals surface area contributed by atoms with E-state index >= 15 is 0 Å². The smallest absolute Gasteiger partial charge is 0.291 e. The van der Waals surface area contributed by atoms with E-state index in [-0.39, 0.29) is 12.4 Å². The van der Waals surface area contributed by atoms with Crippen LogP contribution >= 0.6 is 34.8 Å². The van der Waals surface area contributed by atoms with Crippen molar-refractivity contribution in [3.63, 3.8) is 0 Å². The van der Waals surface area contributed by atoms with Gasteiger partial charge in [0.15, 0.2) is 5.76 Å². The van der Waals surface area contributed by atoms with E-state index in [0.717, 1.165) is 0 Å². The Morgan fingerprint density at radius 3 is 2.44 bits per heavy atom. The number of nitrogens with one attached hydrogen (secondary N) is 1. The molecule has 1 aromatic heterocycles. The van der Waals surface area contributed by atoms with Gasteiger partial charge in [-0.3, -0.25) is 4.79 Å². The van der Waals surface area contributed by atoms with Gasteiger partial charge in [0.05, 0.1) is 17.2 Å². The third-order valence-corrected chi connectivity index (χ3v) is 4.38. The van der Waals surface area contributed by atoms with Gasteiger partial charge in [-0.05, 0) is 48.5 Å². The number of anilines is 1. The molecule has 3 aromatic rings. The number of amides is 1. The van der Waals surface area contributed by atoms with Crippen LogP contribution in [0.1, 0.15) is 16.3 Å². The van der Waals surface area contributed by atoms with Crippen molar-refractivity contribution in [3.05, 3.63) is 75.1 Å². The summed E-state index contributed by atoms with van der Waals surface area (Å²) >= 11 is 17.9. The van der Waals surface area contributed by atoms with Crippen molar-refractivity contribution < 1.29 is 18.7 Å². The molecule has 0 aliphatic carbocycles. The fourth-order valence-electron chi connectivity index (χ4n) is 2.26. The zero-order valence-corrected chi connectivity index (χ0v) is 16.4. The molecule has 2 aromatic carbocycles. The van der Waals surface area contributed by atoms with E-state index in [1.54, 1.807) is 48.5 Å². The Morgan fingerprint density at radius 2 is 1.74 bits per heavy atom. The third-order valence-electron chi connectivity index (χ3n) is 3.56. The van der Waals surface area contributed by atoms with Crippen molar-refractivity contribution in [2.75, 3.05) is 12.4 Å². The number of carbonyl (C=O) groups is 1. The lowest BCUT2D eigenvalue weighted by molar-refractivity contribution is 0.0992. The summed E-state index contributed by atoms with van der Waals surface area (Å²) in [4.78, 5) is 12.3. The van der Waals surface area contributed by atoms with Gasteiger partial charge in [0, 0.05) is 10.7 Å². The second kappa shape index (κ2) is 8.57. The number of ether oxygens (including phenoxy) is 2. The van der Waals surface area contributed by atoms with E-state index in [0.29, 0.717) is 38.0 Å². The molecule has 27 heavy (non-hydrogen) atoms. The largest absolute Gasteiger partial charge is 0.495 e. The zero-order chi connectivity index (χ0) is 19.4. The van der Waals surface area contributed by atoms with E-state index < -0.39 is 5.91 Å². The minimum absolute atomic E-state index is 0.114. The number of halogens is 3. The summed E-state index contributed by atoms with van der Waals surface area (Å²) in [6.07, 6.45) is 0. The van der Waals surface area contributed by atoms with Crippen LogP contribution < -0.4 is 14.8 Å². The first-order valence-corrected chi connectivity index (χ1v) is 8.91. The van der Waals surface area contributed by atoms with Gasteiger partial charge >= 0.3 is 0 Å². The first kappa shape index (κ1) is 19.4. The Kier molecular flexibility index (Phi) is 6.16. The quantitative estimate of drug-likeness (QED) is 0.519. The van der Waals surface area contributed by atoms with Crippen molar-refractivity contribution >= 4 is 46.4 Å². The molecule has 0 atom stereocenters. The highest BCUT2D eigenvalue weighted by Crippen LogP contribution is 2.29. The molecule has 0 saturated carbocycles. The first-order valence-electron chi connectivity index (χ1n) is 7.77. The SMILES string of the molecule is COc1ccc(NC(=O)c2ccc(COc3ccc(Cl)cc3Cl)o2)cc1Cl. The van der Waals surface area contributed by atoms with E-state index in [1.165, 1.54) is 7.11 Å². The molecule has 0 aliphatic heterocycles. The average molecular weight is 427 g/mol. The summed E-state index contributed by atoms with van der Waals surface area (Å²) in [6.45, 7) is 0.114. The van der Waals surface area contributed by atoms with Gasteiger partial charge in [0.25, 0.3) is 5.91 Å². The second-order valence-corrected chi connectivity index (χ2v) is 6.68. The highest BCUT2D eigenvalue weighted by Gasteiger charge is 2.13. The molecular weight excluding hydrogens is 413 g/mol. The molecule has 5 nitrogen and oxygen atoms in total. The van der Waals surface area contributed by atoms with Crippen LogP contribution in [0.2, 0.25) is 15.1 Å². The van der Waals surface area contributed by atoms with Gasteiger partial charge in [-0.25, -0.2) is 0 Å². The summed E-state index contributed by atoms with van der Waals surface area (Å²) in [5.74, 6) is 1.19. The van der Waals surface area contributed by atoms with E-state index in [2.05, 4.69) is 5.32 Å². The van der Waals surface area contributed by atoms with E-state index in [1.807, 2.05) is 0 Å². The molecule has 1 N–H and O–H groups in total. The van der Waals surface area contributed by atoms with Crippen LogP contribution in [-0.4, -0.2) is 13.0 Å². The lowest BCUT2D eigenvalue weighted by Gasteiger charge is -2.07. The molecule has 140 valence electrons. The second-order valence-electron chi connectivity index (χ2n) is 5.43. The van der Waals surface area contributed by atoms with Crippen LogP contribution in [0.4, 0.5) is 5.69 Å². The molecule has 1 heterocycles. The molecule has 8 heteroatoms. The fraction of sp³-hybridized carbons (Fsp3) is 0.105. The highest BCUT2D eigenvalue weighted by atomic mass is 35.5. The Bertz CT molecular complexity index is 971. The fourth-order valence-corrected chi connectivity index (χ4v) is 2.98. The van der Waals surface area contributed by atoms with Crippen LogP contribution in [0, 0.1) is 0 Å². The summed E-state index contributed by atoms with van der Waals surface area (Å²) in [6, 6.07) is 13.1. The number of carbonyl (C=O) groups excluding carboxylic acids is 1. The van der Waals surface area contributed by atoms with Crippen LogP contribution in [0.3, 0.4) is 0 Å². The lowest BCUT2D eigenvalue weighted by Crippen LogP contribution is -2.10. The molecule has 0 radical (unpaired) electrons. The molecule has 0 saturated heterocycles. The standard InChI is InChI=1S/C19H14Cl3NO4/c1-25-16-6-3-12(9-15(16)22)23-19(24)18-7-4-13(27-18)10-26-17-5-2-11(20)8-14(17)21/h2-9H,10H2,1H3,(H,23,24). The molecule has 0 bridgehead atoms. The molecule has 0 aliphatic rings. The Morgan fingerprint density at radius 1 is 1.00 bits per heavy atom. The Balaban J connectivity index is 1.62. The van der Waals surface area contributed by atoms with Gasteiger partial charge in [0.2, 0.25) is 0 Å². The van der Waals surface area contributed by atoms with Gasteiger partial charge in [-0.2, -0.15) is 0 Å². The number of hydrogen-bond donors (Lipinski definition) is 1. The van der Waals surface area contributed by atoms with Crippen LogP contribution in [-0.2, 0) is 6.61 Å². The maximum absolute atomic E-state index is 12.3. The van der Waals surface area contributed by atoms with Crippen LogP contribution in [0.25, 0.3) is 0 Å². The van der Waals surface area contributed by atoms with Crippen molar-refractivity contribution in [2.24, 2.45) is 0 Å². The minimum atomic E-state index is -0.410. The number of methoxy groups -OCH3 is 1. The summed E-state index contributed by atoms with van der Waals surface area (Å²) < 4.78 is 16.2. The van der Waals surface area contributed by atoms with Gasteiger partial charge in [-0.1, -0.05) is 34.8 Å². The number of rotatable bonds is 6. The number of benzene rings is 2. The van der Waals surface area contributed by atoms with Crippen molar-refractivity contribution in [1.29, 1.82) is 0 Å². The average Bonchev–Trinajstić information content (AvgIpc) is 3.10. The predicted molar refractivity (Wildman–Crippen MR) is 105 cm³/mol. The predicted octanol–water partition coefficient (Wildman–Crippen LogP) is 6.08. The van der Waals surface area contributed by atoms with Gasteiger partial charge in [-0.15, -0.1) is 0 Å². The lowest BCUT2D eigenvalue weighted by atomic mass is 10.3. The molecule has 3 rings (SSSR count). The third kappa shape index (κ3) is 4.89. The van der Waals surface area contributed by atoms with Crippen LogP contribution in [0.15, 0.2) is 52.9 Å². The Hall–Kier alpha value is -2.34. The normalized spacial score (nSPS) is 10.5. The maximum atomic E-state index is 12.3. The van der Waals surface area contributed by atoms with Crippen LogP contribution in [0.5, 0.6) is 11.5 Å². The summed E-state index contributed by atoms with van der Waals surface area (Å²) in [5, 5.41) is 4.00. The molecule has 0 fully saturated rings. The minimum Gasteiger partial charge on any atom is -0.495 e. The van der Waals surface area contributed by atoms with Crippen molar-refractivity contribution in [3.8, 4) is 11.5 Å². The number of furan rings is 1. The van der Waals surface area contributed by atoms with E-state index in [9.17, 15) is 4.79 Å². The van der Waals surface area contributed by atoms with E-state index in [4.69, 9.17) is 48.7 Å². The number of hydrogen-bond acceptors (Lipinski definition) is 4. The molecule has 0 unspecified atom stereocenters. The van der Waals surface area contributed by atoms with Gasteiger partial charge < -0.3 is 19.2 Å². The highest BCUT2D eigenvalue weighted by molar-refractivity contribution is 6.35. The maximum Gasteiger partial charge on any atom is 0.291 e. The van der Waals surface area contributed by atoms with Gasteiger partial charge in [0.1, 0.15) is 23.9 Å². The first-order chi connectivity index (χ1) is 13.0.